The van der Waals surface area contributed by atoms with Gasteiger partial charge in [0.15, 0.2) is 0 Å². The summed E-state index contributed by atoms with van der Waals surface area (Å²) in [5.41, 5.74) is 3.23. The molecule has 0 radical (unpaired) electrons. The van der Waals surface area contributed by atoms with Gasteiger partial charge in [-0.2, -0.15) is 0 Å². The van der Waals surface area contributed by atoms with Crippen LogP contribution in [0.5, 0.6) is 0 Å². The number of fused-ring (bicyclic) bond motifs is 1. The van der Waals surface area contributed by atoms with Gasteiger partial charge in [-0.25, -0.2) is 0 Å². The first-order chi connectivity index (χ1) is 7.65. The first-order valence-electron chi connectivity index (χ1n) is 6.45. The molecule has 3 rings (SSSR count). The van der Waals surface area contributed by atoms with Crippen molar-refractivity contribution in [2.45, 2.75) is 39.2 Å². The van der Waals surface area contributed by atoms with Crippen LogP contribution in [0.2, 0.25) is 0 Å². The van der Waals surface area contributed by atoms with Crippen LogP contribution < -0.4 is 5.32 Å². The van der Waals surface area contributed by atoms with Gasteiger partial charge in [-0.1, -0.05) is 34.0 Å². The lowest BCUT2D eigenvalue weighted by Crippen LogP contribution is -2.48. The molecule has 0 aromatic heterocycles. The Bertz CT molecular complexity index is 369. The Morgan fingerprint density at radius 3 is 3.00 bits per heavy atom. The second-order valence-electron chi connectivity index (χ2n) is 5.85. The molecule has 2 heteroatoms. The summed E-state index contributed by atoms with van der Waals surface area (Å²) in [6, 6.07) is 0.748. The number of piperidine rings is 1. The van der Waals surface area contributed by atoms with E-state index in [9.17, 15) is 0 Å². The SMILES string of the molecule is CC1=C(Br)C=C2C[C@@H](C)C[C@@H]3NC[C@H]1C[C@H]23. The van der Waals surface area contributed by atoms with Gasteiger partial charge in [-0.3, -0.25) is 0 Å². The second kappa shape index (κ2) is 3.99. The van der Waals surface area contributed by atoms with Crippen molar-refractivity contribution in [3.63, 3.8) is 0 Å². The zero-order chi connectivity index (χ0) is 11.3. The topological polar surface area (TPSA) is 12.0 Å². The van der Waals surface area contributed by atoms with E-state index in [0.29, 0.717) is 0 Å². The van der Waals surface area contributed by atoms with E-state index >= 15 is 0 Å². The zero-order valence-electron chi connectivity index (χ0n) is 10.1. The molecule has 2 bridgehead atoms. The van der Waals surface area contributed by atoms with Gasteiger partial charge in [0, 0.05) is 17.1 Å². The summed E-state index contributed by atoms with van der Waals surface area (Å²) < 4.78 is 1.35. The molecule has 0 amide bonds. The third kappa shape index (κ3) is 1.70. The molecule has 1 saturated carbocycles. The molecule has 2 fully saturated rings. The highest BCUT2D eigenvalue weighted by molar-refractivity contribution is 9.11. The minimum atomic E-state index is 0.748. The molecule has 1 nitrogen and oxygen atoms in total. The van der Waals surface area contributed by atoms with Gasteiger partial charge in [0.2, 0.25) is 0 Å². The van der Waals surface area contributed by atoms with E-state index in [1.165, 1.54) is 30.3 Å². The highest BCUT2D eigenvalue weighted by atomic mass is 79.9. The maximum absolute atomic E-state index is 3.78. The van der Waals surface area contributed by atoms with E-state index in [2.05, 4.69) is 41.2 Å². The van der Waals surface area contributed by atoms with Gasteiger partial charge in [0.05, 0.1) is 0 Å². The molecule has 1 heterocycles. The Morgan fingerprint density at radius 2 is 2.19 bits per heavy atom. The number of nitrogens with one attached hydrogen (secondary N) is 1. The van der Waals surface area contributed by atoms with Crippen molar-refractivity contribution >= 4 is 15.9 Å². The average molecular weight is 282 g/mol. The Hall–Kier alpha value is -0.0800. The molecule has 16 heavy (non-hydrogen) atoms. The molecule has 0 unspecified atom stereocenters. The van der Waals surface area contributed by atoms with Gasteiger partial charge >= 0.3 is 0 Å². The lowest BCUT2D eigenvalue weighted by Gasteiger charge is -2.43. The van der Waals surface area contributed by atoms with Crippen LogP contribution in [0, 0.1) is 17.8 Å². The highest BCUT2D eigenvalue weighted by Gasteiger charge is 2.39. The Labute approximate surface area is 107 Å². The summed E-state index contributed by atoms with van der Waals surface area (Å²) in [6.45, 7) is 5.85. The number of hydrogen-bond donors (Lipinski definition) is 1. The summed E-state index contributed by atoms with van der Waals surface area (Å²) in [7, 11) is 0. The van der Waals surface area contributed by atoms with E-state index < -0.39 is 0 Å². The zero-order valence-corrected chi connectivity index (χ0v) is 11.7. The predicted octanol–water partition coefficient (Wildman–Crippen LogP) is 3.62. The predicted molar refractivity (Wildman–Crippen MR) is 71.5 cm³/mol. The molecular formula is C14H20BrN. The van der Waals surface area contributed by atoms with E-state index in [1.54, 1.807) is 11.1 Å². The summed E-state index contributed by atoms with van der Waals surface area (Å²) in [6.07, 6.45) is 6.47. The Balaban J connectivity index is 2.01. The smallest absolute Gasteiger partial charge is 0.0167 e. The number of hydrogen-bond acceptors (Lipinski definition) is 1. The maximum Gasteiger partial charge on any atom is 0.0167 e. The molecule has 1 saturated heterocycles. The molecule has 1 aliphatic heterocycles. The van der Waals surface area contributed by atoms with E-state index in [-0.39, 0.29) is 0 Å². The van der Waals surface area contributed by atoms with Crippen molar-refractivity contribution in [1.82, 2.24) is 5.32 Å². The molecular weight excluding hydrogens is 262 g/mol. The van der Waals surface area contributed by atoms with Crippen molar-refractivity contribution in [1.29, 1.82) is 0 Å². The highest BCUT2D eigenvalue weighted by Crippen LogP contribution is 2.44. The summed E-state index contributed by atoms with van der Waals surface area (Å²) in [4.78, 5) is 0. The third-order valence-electron chi connectivity index (χ3n) is 4.67. The van der Waals surface area contributed by atoms with E-state index in [1.807, 2.05) is 0 Å². The van der Waals surface area contributed by atoms with Crippen LogP contribution in [0.25, 0.3) is 0 Å². The van der Waals surface area contributed by atoms with Crippen LogP contribution in [-0.2, 0) is 0 Å². The normalized spacial score (nSPS) is 42.8. The van der Waals surface area contributed by atoms with Crippen molar-refractivity contribution in [3.8, 4) is 0 Å². The fourth-order valence-electron chi connectivity index (χ4n) is 3.69. The van der Waals surface area contributed by atoms with Crippen molar-refractivity contribution in [3.05, 3.63) is 21.7 Å². The van der Waals surface area contributed by atoms with E-state index in [0.717, 1.165) is 23.8 Å². The molecule has 0 aromatic carbocycles. The van der Waals surface area contributed by atoms with Gasteiger partial charge in [-0.15, -0.1) is 0 Å². The van der Waals surface area contributed by atoms with Crippen molar-refractivity contribution in [2.75, 3.05) is 6.54 Å². The fraction of sp³-hybridized carbons (Fsp3) is 0.714. The first kappa shape index (κ1) is 11.0. The summed E-state index contributed by atoms with van der Waals surface area (Å²) in [5, 5.41) is 3.78. The molecule has 1 N–H and O–H groups in total. The Kier molecular flexibility index (Phi) is 2.75. The minimum absolute atomic E-state index is 0.748. The lowest BCUT2D eigenvalue weighted by atomic mass is 9.70. The van der Waals surface area contributed by atoms with Crippen LogP contribution in [0.3, 0.4) is 0 Å². The molecule has 4 atom stereocenters. The first-order valence-corrected chi connectivity index (χ1v) is 7.24. The molecule has 3 aliphatic rings. The van der Waals surface area contributed by atoms with Crippen LogP contribution in [0.15, 0.2) is 21.7 Å². The molecule has 88 valence electrons. The standard InChI is InChI=1S/C14H20BrN/c1-8-3-10-6-13(15)9(2)11-5-12(10)14(4-8)16-7-11/h6,8,11-12,14,16H,3-5,7H2,1-2H3/t8-,11-,12-,14+/m1/s1. The molecule has 0 spiro atoms. The molecule has 0 aromatic rings. The third-order valence-corrected chi connectivity index (χ3v) is 5.52. The van der Waals surface area contributed by atoms with Crippen LogP contribution >= 0.6 is 15.9 Å². The van der Waals surface area contributed by atoms with Gasteiger partial charge < -0.3 is 5.32 Å². The maximum atomic E-state index is 3.78. The Morgan fingerprint density at radius 1 is 1.38 bits per heavy atom. The second-order valence-corrected chi connectivity index (χ2v) is 6.70. The summed E-state index contributed by atoms with van der Waals surface area (Å²) in [5.74, 6) is 2.40. The van der Waals surface area contributed by atoms with Gasteiger partial charge in [0.25, 0.3) is 0 Å². The minimum Gasteiger partial charge on any atom is -0.313 e. The van der Waals surface area contributed by atoms with E-state index in [4.69, 9.17) is 0 Å². The quantitative estimate of drug-likeness (QED) is 0.715. The number of rotatable bonds is 0. The lowest BCUT2D eigenvalue weighted by molar-refractivity contribution is 0.202. The summed E-state index contributed by atoms with van der Waals surface area (Å²) >= 11 is 3.76. The number of allylic oxidation sites excluding steroid dienone is 2. The molecule has 2 aliphatic carbocycles. The van der Waals surface area contributed by atoms with Crippen molar-refractivity contribution < 1.29 is 0 Å². The van der Waals surface area contributed by atoms with Crippen LogP contribution in [0.1, 0.15) is 33.1 Å². The van der Waals surface area contributed by atoms with Crippen molar-refractivity contribution in [2.24, 2.45) is 17.8 Å². The largest absolute Gasteiger partial charge is 0.313 e. The van der Waals surface area contributed by atoms with Gasteiger partial charge in [-0.05, 0) is 50.0 Å². The van der Waals surface area contributed by atoms with Crippen LogP contribution in [-0.4, -0.2) is 12.6 Å². The van der Waals surface area contributed by atoms with Crippen LogP contribution in [0.4, 0.5) is 0 Å². The fourth-order valence-corrected chi connectivity index (χ4v) is 4.30. The number of halogens is 1. The average Bonchev–Trinajstić information content (AvgIpc) is 2.36. The monoisotopic (exact) mass is 281 g/mol. The van der Waals surface area contributed by atoms with Gasteiger partial charge in [0.1, 0.15) is 0 Å².